The van der Waals surface area contributed by atoms with Gasteiger partial charge < -0.3 is 15.5 Å². The number of esters is 1. The third kappa shape index (κ3) is 3.20. The molecular weight excluding hydrogens is 276 g/mol. The zero-order valence-electron chi connectivity index (χ0n) is 11.3. The van der Waals surface area contributed by atoms with Crippen LogP contribution in [0.4, 0.5) is 5.69 Å². The molecule has 0 atom stereocenters. The maximum atomic E-state index is 11.8. The van der Waals surface area contributed by atoms with E-state index in [1.807, 2.05) is 12.1 Å². The minimum Gasteiger partial charge on any atom is -0.465 e. The Morgan fingerprint density at radius 3 is 2.50 bits per heavy atom. The van der Waals surface area contributed by atoms with Crippen LogP contribution in [0.15, 0.2) is 35.5 Å². The maximum Gasteiger partial charge on any atom is 0.341 e. The third-order valence-electron chi connectivity index (χ3n) is 3.48. The first kappa shape index (κ1) is 14.6. The van der Waals surface area contributed by atoms with Crippen LogP contribution in [0.25, 0.3) is 0 Å². The van der Waals surface area contributed by atoms with Gasteiger partial charge in [-0.2, -0.15) is 0 Å². The predicted molar refractivity (Wildman–Crippen MR) is 80.2 cm³/mol. The Morgan fingerprint density at radius 2 is 2.05 bits per heavy atom. The van der Waals surface area contributed by atoms with Gasteiger partial charge in [0.25, 0.3) is 0 Å². The number of anilines is 1. The largest absolute Gasteiger partial charge is 0.465 e. The molecule has 0 heterocycles. The molecular formula is C15H17ClN2O2. The molecule has 0 radical (unpaired) electrons. The third-order valence-corrected chi connectivity index (χ3v) is 3.73. The van der Waals surface area contributed by atoms with Crippen LogP contribution in [0.1, 0.15) is 19.3 Å². The summed E-state index contributed by atoms with van der Waals surface area (Å²) >= 11 is 5.86. The van der Waals surface area contributed by atoms with E-state index >= 15 is 0 Å². The number of carbonyl (C=O) groups is 1. The molecule has 0 bridgehead atoms. The van der Waals surface area contributed by atoms with Gasteiger partial charge in [-0.25, -0.2) is 4.79 Å². The lowest BCUT2D eigenvalue weighted by Crippen LogP contribution is -2.24. The van der Waals surface area contributed by atoms with E-state index in [9.17, 15) is 4.79 Å². The minimum atomic E-state index is -0.483. The number of hydrogen-bond donors (Lipinski definition) is 2. The number of methoxy groups -OCH3 is 1. The molecule has 0 saturated heterocycles. The molecule has 20 heavy (non-hydrogen) atoms. The van der Waals surface area contributed by atoms with E-state index in [2.05, 4.69) is 5.32 Å². The smallest absolute Gasteiger partial charge is 0.341 e. The number of halogens is 1. The van der Waals surface area contributed by atoms with Gasteiger partial charge in [-0.3, -0.25) is 0 Å². The average molecular weight is 293 g/mol. The van der Waals surface area contributed by atoms with Gasteiger partial charge in [0.05, 0.1) is 12.7 Å². The quantitative estimate of drug-likeness (QED) is 0.495. The number of carbonyl (C=O) groups excluding carboxylic acids is 1. The summed E-state index contributed by atoms with van der Waals surface area (Å²) in [7, 11) is 1.33. The van der Waals surface area contributed by atoms with Gasteiger partial charge in [0, 0.05) is 22.6 Å². The Labute approximate surface area is 123 Å². The molecule has 0 spiro atoms. The Hall–Kier alpha value is -1.81. The zero-order valence-corrected chi connectivity index (χ0v) is 12.0. The molecule has 1 aromatic rings. The average Bonchev–Trinajstić information content (AvgIpc) is 2.39. The summed E-state index contributed by atoms with van der Waals surface area (Å²) in [6, 6.07) is 7.26. The van der Waals surface area contributed by atoms with Crippen LogP contribution in [0.3, 0.4) is 0 Å². The Morgan fingerprint density at radius 1 is 1.40 bits per heavy atom. The van der Waals surface area contributed by atoms with E-state index in [4.69, 9.17) is 21.7 Å². The normalized spacial score (nSPS) is 15.9. The molecule has 5 heteroatoms. The highest BCUT2D eigenvalue weighted by atomic mass is 35.5. The molecule has 2 N–H and O–H groups in total. The van der Waals surface area contributed by atoms with Crippen molar-refractivity contribution in [2.45, 2.75) is 19.3 Å². The number of allylic oxidation sites excluding steroid dienone is 1. The number of benzene rings is 1. The topological polar surface area (TPSA) is 62.2 Å². The van der Waals surface area contributed by atoms with Crippen molar-refractivity contribution in [2.75, 3.05) is 12.4 Å². The fraction of sp³-hybridized carbons (Fsp3) is 0.333. The van der Waals surface area contributed by atoms with Gasteiger partial charge >= 0.3 is 5.97 Å². The van der Waals surface area contributed by atoms with Gasteiger partial charge in [0.1, 0.15) is 0 Å². The summed E-state index contributed by atoms with van der Waals surface area (Å²) in [4.78, 5) is 11.8. The van der Waals surface area contributed by atoms with E-state index in [1.54, 1.807) is 12.1 Å². The van der Waals surface area contributed by atoms with E-state index < -0.39 is 5.97 Å². The minimum absolute atomic E-state index is 0.279. The van der Waals surface area contributed by atoms with Crippen molar-refractivity contribution in [3.63, 3.8) is 0 Å². The summed E-state index contributed by atoms with van der Waals surface area (Å²) in [5, 5.41) is 11.4. The van der Waals surface area contributed by atoms with E-state index in [0.717, 1.165) is 36.9 Å². The van der Waals surface area contributed by atoms with Crippen LogP contribution in [-0.2, 0) is 9.53 Å². The predicted octanol–water partition coefficient (Wildman–Crippen LogP) is 3.63. The van der Waals surface area contributed by atoms with Crippen molar-refractivity contribution in [3.8, 4) is 0 Å². The molecule has 0 aliphatic heterocycles. The lowest BCUT2D eigenvalue weighted by Gasteiger charge is -2.30. The van der Waals surface area contributed by atoms with Gasteiger partial charge in [-0.05, 0) is 43.0 Å². The molecule has 1 saturated carbocycles. The molecule has 0 amide bonds. The first-order chi connectivity index (χ1) is 9.65. The SMILES string of the molecule is COC(=O)/C(C=N)=C(/Nc1ccc(Cl)cc1)C1CCC1. The Kier molecular flexibility index (Phi) is 4.79. The second-order valence-electron chi connectivity index (χ2n) is 4.72. The first-order valence-corrected chi connectivity index (χ1v) is 6.89. The number of rotatable bonds is 5. The highest BCUT2D eigenvalue weighted by Crippen LogP contribution is 2.35. The number of hydrogen-bond acceptors (Lipinski definition) is 4. The van der Waals surface area contributed by atoms with Gasteiger partial charge in [0.15, 0.2) is 0 Å². The van der Waals surface area contributed by atoms with Crippen molar-refractivity contribution >= 4 is 29.5 Å². The van der Waals surface area contributed by atoms with Crippen LogP contribution in [-0.4, -0.2) is 19.3 Å². The highest BCUT2D eigenvalue weighted by Gasteiger charge is 2.27. The van der Waals surface area contributed by atoms with Gasteiger partial charge in [-0.1, -0.05) is 18.0 Å². The summed E-state index contributed by atoms with van der Waals surface area (Å²) in [5.41, 5.74) is 1.90. The van der Waals surface area contributed by atoms with E-state index in [1.165, 1.54) is 7.11 Å². The lowest BCUT2D eigenvalue weighted by molar-refractivity contribution is -0.135. The van der Waals surface area contributed by atoms with Crippen LogP contribution >= 0.6 is 11.6 Å². The van der Waals surface area contributed by atoms with Crippen LogP contribution in [0, 0.1) is 11.3 Å². The fourth-order valence-electron chi connectivity index (χ4n) is 2.13. The molecule has 2 rings (SSSR count). The highest BCUT2D eigenvalue weighted by molar-refractivity contribution is 6.30. The second kappa shape index (κ2) is 6.57. The fourth-order valence-corrected chi connectivity index (χ4v) is 2.26. The first-order valence-electron chi connectivity index (χ1n) is 6.51. The zero-order chi connectivity index (χ0) is 14.5. The molecule has 106 valence electrons. The number of ether oxygens (including phenoxy) is 1. The van der Waals surface area contributed by atoms with E-state index in [0.29, 0.717) is 5.02 Å². The molecule has 1 aromatic carbocycles. The second-order valence-corrected chi connectivity index (χ2v) is 5.16. The summed E-state index contributed by atoms with van der Waals surface area (Å²) in [6.07, 6.45) is 4.24. The Bertz CT molecular complexity index is 533. The van der Waals surface area contributed by atoms with E-state index in [-0.39, 0.29) is 11.5 Å². The molecule has 1 aliphatic rings. The standard InChI is InChI=1S/C15H17ClN2O2/c1-20-15(19)13(9-17)14(10-3-2-4-10)18-12-7-5-11(16)6-8-12/h5-10,17-18H,2-4H2,1H3/b14-13+,17-9?. The van der Waals surface area contributed by atoms with Crippen LogP contribution < -0.4 is 5.32 Å². The van der Waals surface area contributed by atoms with Crippen LogP contribution in [0.5, 0.6) is 0 Å². The summed E-state index contributed by atoms with van der Waals surface area (Å²) in [6.45, 7) is 0. The van der Waals surface area contributed by atoms with Crippen molar-refractivity contribution in [3.05, 3.63) is 40.6 Å². The van der Waals surface area contributed by atoms with Crippen LogP contribution in [0.2, 0.25) is 5.02 Å². The van der Waals surface area contributed by atoms with Crippen molar-refractivity contribution < 1.29 is 9.53 Å². The lowest BCUT2D eigenvalue weighted by atomic mass is 9.81. The van der Waals surface area contributed by atoms with Gasteiger partial charge in [-0.15, -0.1) is 0 Å². The molecule has 1 fully saturated rings. The molecule has 0 aromatic heterocycles. The van der Waals surface area contributed by atoms with Crippen molar-refractivity contribution in [2.24, 2.45) is 5.92 Å². The molecule has 0 unspecified atom stereocenters. The van der Waals surface area contributed by atoms with Gasteiger partial charge in [0.2, 0.25) is 0 Å². The summed E-state index contributed by atoms with van der Waals surface area (Å²) < 4.78 is 4.75. The summed E-state index contributed by atoms with van der Waals surface area (Å²) in [5.74, 6) is -0.204. The monoisotopic (exact) mass is 292 g/mol. The number of nitrogens with one attached hydrogen (secondary N) is 2. The Balaban J connectivity index is 2.31. The molecule has 1 aliphatic carbocycles. The van der Waals surface area contributed by atoms with Crippen molar-refractivity contribution in [1.29, 1.82) is 5.41 Å². The maximum absolute atomic E-state index is 11.8. The van der Waals surface area contributed by atoms with Crippen molar-refractivity contribution in [1.82, 2.24) is 0 Å². The molecule has 4 nitrogen and oxygen atoms in total.